The fourth-order valence-corrected chi connectivity index (χ4v) is 2.45. The lowest BCUT2D eigenvalue weighted by molar-refractivity contribution is 0.0344. The summed E-state index contributed by atoms with van der Waals surface area (Å²) in [7, 11) is 0. The van der Waals surface area contributed by atoms with E-state index in [1.807, 2.05) is 24.3 Å². The number of aromatic hydroxyl groups is 2. The topological polar surface area (TPSA) is 66.8 Å². The zero-order chi connectivity index (χ0) is 16.8. The minimum Gasteiger partial charge on any atom is -0.507 e. The molecule has 0 unspecified atom stereocenters. The van der Waals surface area contributed by atoms with E-state index in [4.69, 9.17) is 16.3 Å². The molecule has 1 aliphatic rings. The van der Waals surface area contributed by atoms with Gasteiger partial charge in [0, 0.05) is 18.1 Å². The van der Waals surface area contributed by atoms with Crippen LogP contribution in [-0.2, 0) is 4.74 Å². The lowest BCUT2D eigenvalue weighted by Gasteiger charge is -2.15. The van der Waals surface area contributed by atoms with E-state index < -0.39 is 5.97 Å². The van der Waals surface area contributed by atoms with Crippen LogP contribution in [0.3, 0.4) is 0 Å². The van der Waals surface area contributed by atoms with Crippen LogP contribution < -0.4 is 0 Å². The van der Waals surface area contributed by atoms with Crippen molar-refractivity contribution in [3.05, 3.63) is 52.6 Å². The second-order valence-electron chi connectivity index (χ2n) is 5.31. The highest BCUT2D eigenvalue weighted by molar-refractivity contribution is 6.34. The smallest absolute Gasteiger partial charge is 0.342 e. The van der Waals surface area contributed by atoms with Gasteiger partial charge in [0.1, 0.15) is 23.2 Å². The molecule has 1 aromatic carbocycles. The quantitative estimate of drug-likeness (QED) is 0.537. The van der Waals surface area contributed by atoms with Gasteiger partial charge in [-0.3, -0.25) is 0 Å². The van der Waals surface area contributed by atoms with Crippen molar-refractivity contribution in [2.75, 3.05) is 0 Å². The molecule has 0 spiro atoms. The lowest BCUT2D eigenvalue weighted by Crippen LogP contribution is -2.15. The maximum Gasteiger partial charge on any atom is 0.342 e. The fraction of sp³-hybridized carbons (Fsp3) is 0.278. The Hall–Kier alpha value is -2.20. The summed E-state index contributed by atoms with van der Waals surface area (Å²) >= 11 is 6.08. The number of phenolic OH excluding ortho intramolecular Hbond substituents is 2. The molecule has 5 heteroatoms. The zero-order valence-corrected chi connectivity index (χ0v) is 13.6. The highest BCUT2D eigenvalue weighted by Crippen LogP contribution is 2.37. The number of rotatable bonds is 0. The molecule has 0 amide bonds. The molecule has 4 nitrogen and oxygen atoms in total. The monoisotopic (exact) mass is 334 g/mol. The maximum absolute atomic E-state index is 12.4. The maximum atomic E-state index is 12.4. The Labute approximate surface area is 140 Å². The van der Waals surface area contributed by atoms with Crippen LogP contribution in [-0.4, -0.2) is 22.3 Å². The van der Waals surface area contributed by atoms with Crippen LogP contribution in [0.4, 0.5) is 0 Å². The van der Waals surface area contributed by atoms with Crippen LogP contribution in [0.2, 0.25) is 5.02 Å². The number of ether oxygens (including phenoxy) is 1. The zero-order valence-electron chi connectivity index (χ0n) is 12.8. The number of phenols is 2. The lowest BCUT2D eigenvalue weighted by atomic mass is 10.0. The standard InChI is InChI=1S/C18H19ClO4/c1-12-9-7-5-3-2-4-6-8-10-13-16(18(22)23-12)14(20)11-15(21)17(13)19/h4-8,10-12,20-21H,2-3,9H2,1H3/b6-4+,7-5+,10-8+/t12-/m1/s1. The SMILES string of the molecule is C[C@@H]1C/C=C/CC/C=C/C=C/c2c(Cl)c(O)cc(O)c2C(=O)O1. The Morgan fingerprint density at radius 2 is 1.87 bits per heavy atom. The number of carbonyl (C=O) groups excluding carboxylic acids is 1. The third-order valence-corrected chi connectivity index (χ3v) is 3.81. The van der Waals surface area contributed by atoms with E-state index in [1.165, 1.54) is 0 Å². The van der Waals surface area contributed by atoms with Gasteiger partial charge in [0.2, 0.25) is 0 Å². The molecule has 122 valence electrons. The number of benzene rings is 1. The van der Waals surface area contributed by atoms with Crippen molar-refractivity contribution in [2.45, 2.75) is 32.3 Å². The van der Waals surface area contributed by atoms with Crippen LogP contribution in [0.15, 0.2) is 36.4 Å². The molecule has 23 heavy (non-hydrogen) atoms. The predicted molar refractivity (Wildman–Crippen MR) is 90.8 cm³/mol. The summed E-state index contributed by atoms with van der Waals surface area (Å²) in [5.74, 6) is -1.33. The normalized spacial score (nSPS) is 23.2. The minimum absolute atomic E-state index is 0.000886. The van der Waals surface area contributed by atoms with Gasteiger partial charge in [-0.05, 0) is 19.8 Å². The third kappa shape index (κ3) is 4.39. The highest BCUT2D eigenvalue weighted by atomic mass is 35.5. The molecular formula is C18H19ClO4. The van der Waals surface area contributed by atoms with Gasteiger partial charge in [-0.25, -0.2) is 4.79 Å². The van der Waals surface area contributed by atoms with Crippen molar-refractivity contribution in [1.82, 2.24) is 0 Å². The summed E-state index contributed by atoms with van der Waals surface area (Å²) in [5, 5.41) is 19.8. The Bertz CT molecular complexity index is 674. The first-order valence-corrected chi connectivity index (χ1v) is 7.82. The highest BCUT2D eigenvalue weighted by Gasteiger charge is 2.23. The summed E-state index contributed by atoms with van der Waals surface area (Å²) in [4.78, 5) is 12.4. The summed E-state index contributed by atoms with van der Waals surface area (Å²) in [6, 6.07) is 1.04. The summed E-state index contributed by atoms with van der Waals surface area (Å²) in [6.07, 6.45) is 13.2. The van der Waals surface area contributed by atoms with E-state index in [-0.39, 0.29) is 33.8 Å². The molecule has 0 bridgehead atoms. The van der Waals surface area contributed by atoms with E-state index in [9.17, 15) is 15.0 Å². The summed E-state index contributed by atoms with van der Waals surface area (Å²) in [5.41, 5.74) is 0.184. The van der Waals surface area contributed by atoms with Crippen molar-refractivity contribution >= 4 is 23.6 Å². The molecule has 0 radical (unpaired) electrons. The van der Waals surface area contributed by atoms with Crippen molar-refractivity contribution in [1.29, 1.82) is 0 Å². The van der Waals surface area contributed by atoms with Crippen molar-refractivity contribution in [2.24, 2.45) is 0 Å². The minimum atomic E-state index is -0.675. The Morgan fingerprint density at radius 1 is 1.13 bits per heavy atom. The molecule has 1 aromatic rings. The average Bonchev–Trinajstić information content (AvgIpc) is 2.49. The van der Waals surface area contributed by atoms with Crippen LogP contribution in [0.25, 0.3) is 6.08 Å². The Kier molecular flexibility index (Phi) is 5.88. The number of fused-ring (bicyclic) bond motifs is 1. The average molecular weight is 335 g/mol. The molecule has 1 aliphatic heterocycles. The number of esters is 1. The van der Waals surface area contributed by atoms with Crippen LogP contribution in [0.5, 0.6) is 11.5 Å². The van der Waals surface area contributed by atoms with E-state index in [1.54, 1.807) is 19.1 Å². The van der Waals surface area contributed by atoms with E-state index in [0.29, 0.717) is 6.42 Å². The molecule has 0 saturated carbocycles. The van der Waals surface area contributed by atoms with Crippen molar-refractivity contribution in [3.8, 4) is 11.5 Å². The van der Waals surface area contributed by atoms with Gasteiger partial charge in [0.05, 0.1) is 5.02 Å². The molecule has 0 aromatic heterocycles. The number of allylic oxidation sites excluding steroid dienone is 4. The first kappa shape index (κ1) is 17.2. The van der Waals surface area contributed by atoms with E-state index in [0.717, 1.165) is 18.9 Å². The molecule has 0 aliphatic carbocycles. The largest absolute Gasteiger partial charge is 0.507 e. The van der Waals surface area contributed by atoms with Crippen LogP contribution in [0.1, 0.15) is 42.1 Å². The molecule has 2 rings (SSSR count). The fourth-order valence-electron chi connectivity index (χ4n) is 2.24. The second-order valence-corrected chi connectivity index (χ2v) is 5.68. The van der Waals surface area contributed by atoms with Crippen molar-refractivity contribution in [3.63, 3.8) is 0 Å². The second kappa shape index (κ2) is 7.88. The van der Waals surface area contributed by atoms with Gasteiger partial charge in [-0.15, -0.1) is 0 Å². The Morgan fingerprint density at radius 3 is 2.65 bits per heavy atom. The van der Waals surface area contributed by atoms with E-state index in [2.05, 4.69) is 0 Å². The van der Waals surface area contributed by atoms with Gasteiger partial charge < -0.3 is 14.9 Å². The van der Waals surface area contributed by atoms with Crippen LogP contribution >= 0.6 is 11.6 Å². The molecule has 0 fully saturated rings. The molecule has 2 N–H and O–H groups in total. The van der Waals surface area contributed by atoms with Crippen molar-refractivity contribution < 1.29 is 19.7 Å². The number of halogens is 1. The molecule has 1 atom stereocenters. The molecule has 0 saturated heterocycles. The number of hydrogen-bond donors (Lipinski definition) is 2. The number of carbonyl (C=O) groups is 1. The molecular weight excluding hydrogens is 316 g/mol. The van der Waals surface area contributed by atoms with Gasteiger partial charge in [0.15, 0.2) is 0 Å². The van der Waals surface area contributed by atoms with Gasteiger partial charge in [-0.2, -0.15) is 0 Å². The van der Waals surface area contributed by atoms with Gasteiger partial charge in [0.25, 0.3) is 0 Å². The first-order chi connectivity index (χ1) is 11.0. The van der Waals surface area contributed by atoms with Crippen LogP contribution in [0, 0.1) is 0 Å². The van der Waals surface area contributed by atoms with Gasteiger partial charge in [-0.1, -0.05) is 48.1 Å². The number of cyclic esters (lactones) is 1. The third-order valence-electron chi connectivity index (χ3n) is 3.42. The number of hydrogen-bond acceptors (Lipinski definition) is 4. The summed E-state index contributed by atoms with van der Waals surface area (Å²) in [6.45, 7) is 1.78. The van der Waals surface area contributed by atoms with E-state index >= 15 is 0 Å². The van der Waals surface area contributed by atoms with Gasteiger partial charge >= 0.3 is 5.97 Å². The molecule has 1 heterocycles. The Balaban J connectivity index is 2.49. The summed E-state index contributed by atoms with van der Waals surface area (Å²) < 4.78 is 5.35. The predicted octanol–water partition coefficient (Wildman–Crippen LogP) is 4.61. The first-order valence-electron chi connectivity index (χ1n) is 7.44.